The Hall–Kier alpha value is -1.30. The predicted molar refractivity (Wildman–Crippen MR) is 116 cm³/mol. The number of nitrogens with zero attached hydrogens (tertiary/aromatic N) is 2. The zero-order chi connectivity index (χ0) is 17.8. The number of rotatable bonds is 4. The molecule has 3 rings (SSSR count). The van der Waals surface area contributed by atoms with Crippen molar-refractivity contribution in [3.8, 4) is 0 Å². The van der Waals surface area contributed by atoms with E-state index in [2.05, 4.69) is 17.9 Å². The first-order chi connectivity index (χ1) is 12.1. The predicted octanol–water partition coefficient (Wildman–Crippen LogP) is 4.09. The fraction of sp³-hybridized carbons (Fsp3) is 0.350. The van der Waals surface area contributed by atoms with Crippen LogP contribution >= 0.6 is 36.4 Å². The van der Waals surface area contributed by atoms with Crippen molar-refractivity contribution in [3.63, 3.8) is 0 Å². The van der Waals surface area contributed by atoms with Crippen molar-refractivity contribution >= 4 is 42.3 Å². The number of carbonyl (C=O) groups is 1. The first kappa shape index (κ1) is 23.7. The molecule has 27 heavy (non-hydrogen) atoms. The molecule has 2 aromatic rings. The lowest BCUT2D eigenvalue weighted by Gasteiger charge is -2.39. The maximum absolute atomic E-state index is 12.7. The van der Waals surface area contributed by atoms with Crippen molar-refractivity contribution in [1.82, 2.24) is 9.80 Å². The van der Waals surface area contributed by atoms with Crippen LogP contribution in [0.4, 0.5) is 0 Å². The van der Waals surface area contributed by atoms with E-state index in [1.807, 2.05) is 53.4 Å². The molecule has 1 fully saturated rings. The van der Waals surface area contributed by atoms with Crippen LogP contribution in [-0.2, 0) is 4.79 Å². The summed E-state index contributed by atoms with van der Waals surface area (Å²) in [5.41, 5.74) is 8.14. The zero-order valence-corrected chi connectivity index (χ0v) is 17.6. The molecule has 0 saturated carbocycles. The Labute approximate surface area is 178 Å². The van der Waals surface area contributed by atoms with Crippen molar-refractivity contribution in [2.45, 2.75) is 19.0 Å². The molecule has 2 aromatic carbocycles. The van der Waals surface area contributed by atoms with E-state index in [1.54, 1.807) is 0 Å². The fourth-order valence-electron chi connectivity index (χ4n) is 3.34. The summed E-state index contributed by atoms with van der Waals surface area (Å²) in [5.74, 6) is -0.00348. The van der Waals surface area contributed by atoms with Gasteiger partial charge in [0.05, 0.1) is 0 Å². The highest BCUT2D eigenvalue weighted by Crippen LogP contribution is 2.28. The summed E-state index contributed by atoms with van der Waals surface area (Å²) >= 11 is 6.32. The molecule has 0 radical (unpaired) electrons. The second-order valence-corrected chi connectivity index (χ2v) is 6.85. The van der Waals surface area contributed by atoms with E-state index in [-0.39, 0.29) is 36.8 Å². The molecule has 1 aliphatic rings. The third kappa shape index (κ3) is 5.59. The monoisotopic (exact) mass is 429 g/mol. The van der Waals surface area contributed by atoms with Crippen LogP contribution in [0.5, 0.6) is 0 Å². The van der Waals surface area contributed by atoms with Crippen LogP contribution in [0, 0.1) is 0 Å². The molecule has 1 heterocycles. The van der Waals surface area contributed by atoms with Gasteiger partial charge in [-0.05, 0) is 24.1 Å². The van der Waals surface area contributed by atoms with Crippen molar-refractivity contribution in [3.05, 3.63) is 70.7 Å². The molecule has 0 aromatic heterocycles. The van der Waals surface area contributed by atoms with Gasteiger partial charge in [0.15, 0.2) is 0 Å². The number of carbonyl (C=O) groups excluding carboxylic acids is 1. The molecular formula is C20H26Cl3N3O. The van der Waals surface area contributed by atoms with Gasteiger partial charge in [-0.2, -0.15) is 0 Å². The van der Waals surface area contributed by atoms with E-state index in [0.29, 0.717) is 13.1 Å². The molecule has 0 spiro atoms. The van der Waals surface area contributed by atoms with Crippen LogP contribution in [-0.4, -0.2) is 41.9 Å². The minimum Gasteiger partial charge on any atom is -0.338 e. The van der Waals surface area contributed by atoms with Gasteiger partial charge in [-0.3, -0.25) is 9.69 Å². The zero-order valence-electron chi connectivity index (χ0n) is 15.3. The lowest BCUT2D eigenvalue weighted by atomic mass is 10.0. The average Bonchev–Trinajstić information content (AvgIpc) is 2.67. The van der Waals surface area contributed by atoms with Crippen molar-refractivity contribution in [2.24, 2.45) is 5.73 Å². The van der Waals surface area contributed by atoms with Gasteiger partial charge in [0, 0.05) is 37.2 Å². The smallest absolute Gasteiger partial charge is 0.244 e. The molecule has 0 bridgehead atoms. The van der Waals surface area contributed by atoms with Crippen molar-refractivity contribution in [2.75, 3.05) is 26.2 Å². The van der Waals surface area contributed by atoms with Gasteiger partial charge in [-0.1, -0.05) is 60.1 Å². The van der Waals surface area contributed by atoms with Gasteiger partial charge in [-0.15, -0.1) is 24.8 Å². The number of hydrogen-bond acceptors (Lipinski definition) is 3. The second kappa shape index (κ2) is 10.9. The van der Waals surface area contributed by atoms with Gasteiger partial charge in [-0.25, -0.2) is 0 Å². The van der Waals surface area contributed by atoms with E-state index < -0.39 is 6.04 Å². The van der Waals surface area contributed by atoms with Crippen molar-refractivity contribution in [1.29, 1.82) is 0 Å². The van der Waals surface area contributed by atoms with Crippen molar-refractivity contribution < 1.29 is 4.79 Å². The Bertz CT molecular complexity index is 721. The van der Waals surface area contributed by atoms with Gasteiger partial charge >= 0.3 is 0 Å². The maximum Gasteiger partial charge on any atom is 0.244 e. The third-order valence-electron chi connectivity index (χ3n) is 4.95. The number of nitrogens with two attached hydrogens (primary N) is 1. The molecule has 0 aliphatic carbocycles. The Morgan fingerprint density at radius 1 is 0.963 bits per heavy atom. The van der Waals surface area contributed by atoms with Crippen LogP contribution in [0.1, 0.15) is 30.1 Å². The first-order valence-corrected chi connectivity index (χ1v) is 9.03. The summed E-state index contributed by atoms with van der Waals surface area (Å²) in [6.45, 7) is 5.18. The van der Waals surface area contributed by atoms with Crippen LogP contribution in [0.15, 0.2) is 54.6 Å². The summed E-state index contributed by atoms with van der Waals surface area (Å²) < 4.78 is 0. The number of amides is 1. The van der Waals surface area contributed by atoms with Gasteiger partial charge in [0.1, 0.15) is 6.04 Å². The topological polar surface area (TPSA) is 49.6 Å². The lowest BCUT2D eigenvalue weighted by molar-refractivity contribution is -0.134. The quantitative estimate of drug-likeness (QED) is 0.795. The fourth-order valence-corrected chi connectivity index (χ4v) is 3.63. The van der Waals surface area contributed by atoms with E-state index >= 15 is 0 Å². The van der Waals surface area contributed by atoms with E-state index in [9.17, 15) is 4.79 Å². The largest absolute Gasteiger partial charge is 0.338 e. The first-order valence-electron chi connectivity index (χ1n) is 8.65. The standard InChI is InChI=1S/C20H24ClN3O.2ClH/c1-15(17-9-5-6-10-18(17)21)23-11-13-24(14-12-23)20(25)19(22)16-7-3-2-4-8-16;;/h2-10,15,19H,11-14,22H2,1H3;2*1H. The Balaban J connectivity index is 0.00000182. The Morgan fingerprint density at radius 3 is 2.11 bits per heavy atom. The maximum atomic E-state index is 12.7. The third-order valence-corrected chi connectivity index (χ3v) is 5.30. The van der Waals surface area contributed by atoms with E-state index in [4.69, 9.17) is 17.3 Å². The second-order valence-electron chi connectivity index (χ2n) is 6.45. The Kier molecular flexibility index (Phi) is 9.57. The molecule has 148 valence electrons. The number of halogens is 3. The minimum absolute atomic E-state index is 0. The summed E-state index contributed by atoms with van der Waals surface area (Å²) in [6.07, 6.45) is 0. The van der Waals surface area contributed by atoms with Gasteiger partial charge in [0.2, 0.25) is 5.91 Å². The number of piperazine rings is 1. The van der Waals surface area contributed by atoms with Crippen LogP contribution in [0.2, 0.25) is 5.02 Å². The molecule has 4 nitrogen and oxygen atoms in total. The molecule has 1 aliphatic heterocycles. The van der Waals surface area contributed by atoms with Gasteiger partial charge < -0.3 is 10.6 Å². The average molecular weight is 431 g/mol. The molecular weight excluding hydrogens is 405 g/mol. The molecule has 2 N–H and O–H groups in total. The van der Waals surface area contributed by atoms with Crippen LogP contribution < -0.4 is 5.73 Å². The van der Waals surface area contributed by atoms with Crippen LogP contribution in [0.3, 0.4) is 0 Å². The molecule has 2 unspecified atom stereocenters. The van der Waals surface area contributed by atoms with E-state index in [0.717, 1.165) is 29.2 Å². The van der Waals surface area contributed by atoms with Crippen LogP contribution in [0.25, 0.3) is 0 Å². The van der Waals surface area contributed by atoms with E-state index in [1.165, 1.54) is 0 Å². The molecule has 2 atom stereocenters. The lowest BCUT2D eigenvalue weighted by Crippen LogP contribution is -2.51. The summed E-state index contributed by atoms with van der Waals surface area (Å²) in [6, 6.07) is 17.1. The summed E-state index contributed by atoms with van der Waals surface area (Å²) in [4.78, 5) is 16.9. The Morgan fingerprint density at radius 2 is 1.52 bits per heavy atom. The molecule has 7 heteroatoms. The minimum atomic E-state index is -0.589. The highest BCUT2D eigenvalue weighted by Gasteiger charge is 2.28. The molecule has 1 saturated heterocycles. The SMILES string of the molecule is CC(c1ccccc1Cl)N1CCN(C(=O)C(N)c2ccccc2)CC1.Cl.Cl. The molecule has 1 amide bonds. The highest BCUT2D eigenvalue weighted by atomic mass is 35.5. The van der Waals surface area contributed by atoms with Gasteiger partial charge in [0.25, 0.3) is 0 Å². The summed E-state index contributed by atoms with van der Waals surface area (Å²) in [7, 11) is 0. The number of hydrogen-bond donors (Lipinski definition) is 1. The normalized spacial score (nSPS) is 16.6. The highest BCUT2D eigenvalue weighted by molar-refractivity contribution is 6.31. The number of benzene rings is 2. The summed E-state index contributed by atoms with van der Waals surface area (Å²) in [5, 5.41) is 0.791.